The minimum absolute atomic E-state index is 0.392. The highest BCUT2D eigenvalue weighted by atomic mass is 79.9. The van der Waals surface area contributed by atoms with Crippen molar-refractivity contribution in [2.75, 3.05) is 5.73 Å². The van der Waals surface area contributed by atoms with Gasteiger partial charge in [0.05, 0.1) is 18.1 Å². The molecule has 0 radical (unpaired) electrons. The minimum Gasteiger partial charge on any atom is -0.368 e. The summed E-state index contributed by atoms with van der Waals surface area (Å²) in [5.41, 5.74) is 7.52. The molecule has 0 saturated heterocycles. The normalized spacial score (nSPS) is 11.1. The average molecular weight is 279 g/mol. The third kappa shape index (κ3) is 2.49. The largest absolute Gasteiger partial charge is 0.368 e. The number of nitrogens with two attached hydrogens (primary N) is 1. The molecule has 4 nitrogen and oxygen atoms in total. The van der Waals surface area contributed by atoms with Gasteiger partial charge in [-0.15, -0.1) is 0 Å². The fourth-order valence-corrected chi connectivity index (χ4v) is 1.73. The molecule has 0 fully saturated rings. The van der Waals surface area contributed by atoms with Gasteiger partial charge in [0.25, 0.3) is 0 Å². The first-order valence-corrected chi connectivity index (χ1v) is 5.56. The van der Waals surface area contributed by atoms with Crippen LogP contribution in [0.2, 0.25) is 0 Å². The Kier molecular flexibility index (Phi) is 3.05. The summed E-state index contributed by atoms with van der Waals surface area (Å²) in [6.45, 7) is 1.88. The van der Waals surface area contributed by atoms with Gasteiger partial charge in [0.15, 0.2) is 0 Å². The fourth-order valence-electron chi connectivity index (χ4n) is 1.31. The van der Waals surface area contributed by atoms with Crippen LogP contribution in [0.4, 0.5) is 5.95 Å². The summed E-state index contributed by atoms with van der Waals surface area (Å²) in [4.78, 5) is 4.06. The summed E-state index contributed by atoms with van der Waals surface area (Å²) in [5, 5.41) is 4.22. The summed E-state index contributed by atoms with van der Waals surface area (Å²) in [6.07, 6.45) is 3.52. The molecule has 0 amide bonds. The molecule has 0 atom stereocenters. The fraction of sp³-hybridized carbons (Fsp3) is 0.0909. The Morgan fingerprint density at radius 1 is 1.50 bits per heavy atom. The second-order valence-corrected chi connectivity index (χ2v) is 4.30. The quantitative estimate of drug-likeness (QED) is 0.858. The van der Waals surface area contributed by atoms with E-state index >= 15 is 0 Å². The third-order valence-corrected chi connectivity index (χ3v) is 2.51. The Hall–Kier alpha value is -1.62. The van der Waals surface area contributed by atoms with Gasteiger partial charge < -0.3 is 5.73 Å². The van der Waals surface area contributed by atoms with Crippen molar-refractivity contribution >= 4 is 28.1 Å². The van der Waals surface area contributed by atoms with E-state index in [0.29, 0.717) is 5.95 Å². The van der Waals surface area contributed by atoms with Gasteiger partial charge in [0, 0.05) is 4.47 Å². The number of anilines is 1. The van der Waals surface area contributed by atoms with Crippen LogP contribution < -0.4 is 5.73 Å². The molecule has 0 aliphatic rings. The Morgan fingerprint density at radius 2 is 2.31 bits per heavy atom. The van der Waals surface area contributed by atoms with Gasteiger partial charge in [-0.25, -0.2) is 9.66 Å². The first-order valence-electron chi connectivity index (χ1n) is 4.76. The van der Waals surface area contributed by atoms with E-state index in [1.165, 1.54) is 0 Å². The summed E-state index contributed by atoms with van der Waals surface area (Å²) in [5.74, 6) is 0.392. The van der Waals surface area contributed by atoms with Crippen molar-refractivity contribution in [3.63, 3.8) is 0 Å². The molecule has 0 bridgehead atoms. The predicted molar refractivity (Wildman–Crippen MR) is 68.5 cm³/mol. The lowest BCUT2D eigenvalue weighted by Gasteiger charge is -1.96. The molecule has 0 aliphatic heterocycles. The van der Waals surface area contributed by atoms with Gasteiger partial charge in [0.1, 0.15) is 0 Å². The molecule has 0 unspecified atom stereocenters. The van der Waals surface area contributed by atoms with Crippen LogP contribution in [0.15, 0.2) is 40.0 Å². The number of hydrogen-bond acceptors (Lipinski definition) is 3. The van der Waals surface area contributed by atoms with Crippen molar-refractivity contribution in [2.24, 2.45) is 5.10 Å². The van der Waals surface area contributed by atoms with Crippen LogP contribution in [0.3, 0.4) is 0 Å². The van der Waals surface area contributed by atoms with Crippen molar-refractivity contribution in [2.45, 2.75) is 6.92 Å². The van der Waals surface area contributed by atoms with E-state index in [1.807, 2.05) is 31.2 Å². The smallest absolute Gasteiger partial charge is 0.221 e. The maximum absolute atomic E-state index is 5.66. The van der Waals surface area contributed by atoms with Crippen LogP contribution in [0.5, 0.6) is 0 Å². The lowest BCUT2D eigenvalue weighted by molar-refractivity contribution is 0.897. The van der Waals surface area contributed by atoms with Gasteiger partial charge in [0.2, 0.25) is 5.95 Å². The number of aryl methyl sites for hydroxylation is 1. The van der Waals surface area contributed by atoms with E-state index in [0.717, 1.165) is 15.7 Å². The summed E-state index contributed by atoms with van der Waals surface area (Å²) >= 11 is 3.40. The van der Waals surface area contributed by atoms with Gasteiger partial charge >= 0.3 is 0 Å². The van der Waals surface area contributed by atoms with E-state index in [9.17, 15) is 0 Å². The second-order valence-electron chi connectivity index (χ2n) is 3.38. The predicted octanol–water partition coefficient (Wildman–Crippen LogP) is 2.42. The highest BCUT2D eigenvalue weighted by Crippen LogP contribution is 2.10. The van der Waals surface area contributed by atoms with E-state index in [1.54, 1.807) is 17.1 Å². The highest BCUT2D eigenvalue weighted by Gasteiger charge is 1.98. The van der Waals surface area contributed by atoms with Crippen LogP contribution in [-0.4, -0.2) is 15.9 Å². The Bertz CT molecular complexity index is 531. The molecule has 2 N–H and O–H groups in total. The third-order valence-electron chi connectivity index (χ3n) is 2.01. The average Bonchev–Trinajstić information content (AvgIpc) is 2.54. The molecule has 16 heavy (non-hydrogen) atoms. The van der Waals surface area contributed by atoms with Gasteiger partial charge in [-0.1, -0.05) is 28.1 Å². The summed E-state index contributed by atoms with van der Waals surface area (Å²) < 4.78 is 2.57. The van der Waals surface area contributed by atoms with E-state index < -0.39 is 0 Å². The van der Waals surface area contributed by atoms with Crippen LogP contribution >= 0.6 is 15.9 Å². The van der Waals surface area contributed by atoms with Crippen LogP contribution in [0.1, 0.15) is 11.3 Å². The molecule has 82 valence electrons. The SMILES string of the molecule is Cc1cn(N=Cc2cccc(Br)c2)c(N)n1. The molecule has 0 spiro atoms. The second kappa shape index (κ2) is 4.49. The van der Waals surface area contributed by atoms with Crippen LogP contribution in [0, 0.1) is 6.92 Å². The molecular weight excluding hydrogens is 268 g/mol. The molecule has 5 heteroatoms. The number of nitrogens with zero attached hydrogens (tertiary/aromatic N) is 3. The first kappa shape index (κ1) is 10.9. The molecule has 2 aromatic rings. The van der Waals surface area contributed by atoms with Gasteiger partial charge in [-0.2, -0.15) is 5.10 Å². The van der Waals surface area contributed by atoms with E-state index in [4.69, 9.17) is 5.73 Å². The molecule has 0 aliphatic carbocycles. The number of benzene rings is 1. The number of rotatable bonds is 2. The van der Waals surface area contributed by atoms with Crippen molar-refractivity contribution in [1.29, 1.82) is 0 Å². The zero-order valence-corrected chi connectivity index (χ0v) is 10.3. The minimum atomic E-state index is 0.392. The molecule has 0 saturated carbocycles. The van der Waals surface area contributed by atoms with Gasteiger partial charge in [-0.05, 0) is 24.6 Å². The van der Waals surface area contributed by atoms with Crippen LogP contribution in [-0.2, 0) is 0 Å². The number of hydrogen-bond donors (Lipinski definition) is 1. The van der Waals surface area contributed by atoms with Crippen molar-refractivity contribution in [3.05, 3.63) is 46.2 Å². The zero-order chi connectivity index (χ0) is 11.5. The molecule has 2 rings (SSSR count). The van der Waals surface area contributed by atoms with Crippen LogP contribution in [0.25, 0.3) is 0 Å². The molecule has 1 heterocycles. The van der Waals surface area contributed by atoms with Gasteiger partial charge in [-0.3, -0.25) is 0 Å². The maximum atomic E-state index is 5.66. The van der Waals surface area contributed by atoms with Crippen molar-refractivity contribution < 1.29 is 0 Å². The molecule has 1 aromatic carbocycles. The standard InChI is InChI=1S/C11H11BrN4/c1-8-7-16(11(13)15-8)14-6-9-3-2-4-10(12)5-9/h2-7H,1H3,(H2,13,15). The van der Waals surface area contributed by atoms with E-state index in [-0.39, 0.29) is 0 Å². The number of nitrogen functional groups attached to an aromatic ring is 1. The number of halogens is 1. The number of imidazole rings is 1. The molecular formula is C11H11BrN4. The number of aromatic nitrogens is 2. The lowest BCUT2D eigenvalue weighted by atomic mass is 10.2. The highest BCUT2D eigenvalue weighted by molar-refractivity contribution is 9.10. The topological polar surface area (TPSA) is 56.2 Å². The van der Waals surface area contributed by atoms with E-state index in [2.05, 4.69) is 26.0 Å². The lowest BCUT2D eigenvalue weighted by Crippen LogP contribution is -1.96. The summed E-state index contributed by atoms with van der Waals surface area (Å²) in [6, 6.07) is 7.86. The summed E-state index contributed by atoms with van der Waals surface area (Å²) in [7, 11) is 0. The first-order chi connectivity index (χ1) is 7.65. The monoisotopic (exact) mass is 278 g/mol. The zero-order valence-electron chi connectivity index (χ0n) is 8.76. The Morgan fingerprint density at radius 3 is 2.94 bits per heavy atom. The Balaban J connectivity index is 2.24. The molecule has 1 aromatic heterocycles. The van der Waals surface area contributed by atoms with Crippen molar-refractivity contribution in [3.8, 4) is 0 Å². The van der Waals surface area contributed by atoms with Crippen molar-refractivity contribution in [1.82, 2.24) is 9.66 Å². The Labute approximate surface area is 102 Å². The maximum Gasteiger partial charge on any atom is 0.221 e.